The molecule has 0 saturated heterocycles. The van der Waals surface area contributed by atoms with Gasteiger partial charge in [-0.1, -0.05) is 45.9 Å². The molecule has 0 aliphatic carbocycles. The average Bonchev–Trinajstić information content (AvgIpc) is 2.92. The van der Waals surface area contributed by atoms with E-state index >= 15 is 0 Å². The van der Waals surface area contributed by atoms with Crippen molar-refractivity contribution >= 4 is 35.8 Å². The molecule has 0 spiro atoms. The van der Waals surface area contributed by atoms with E-state index in [1.807, 2.05) is 6.34 Å². The normalized spacial score (nSPS) is 13.2. The first kappa shape index (κ1) is 20.8. The Hall–Kier alpha value is -0.186. The van der Waals surface area contributed by atoms with Crippen molar-refractivity contribution in [3.05, 3.63) is 29.3 Å². The van der Waals surface area contributed by atoms with Crippen molar-refractivity contribution in [3.63, 3.8) is 0 Å². The van der Waals surface area contributed by atoms with Gasteiger partial charge in [0, 0.05) is 30.8 Å². The molecule has 0 unspecified atom stereocenters. The van der Waals surface area contributed by atoms with Gasteiger partial charge in [-0.3, -0.25) is 4.99 Å². The fourth-order valence-electron chi connectivity index (χ4n) is 2.39. The monoisotopic (exact) mass is 367 g/mol. The van der Waals surface area contributed by atoms with Crippen LogP contribution in [0.15, 0.2) is 23.2 Å². The van der Waals surface area contributed by atoms with Gasteiger partial charge in [-0.2, -0.15) is 3.84 Å². The van der Waals surface area contributed by atoms with Gasteiger partial charge in [0.25, 0.3) is 0 Å². The maximum Gasteiger partial charge on any atom is 0.0895 e. The number of nitrogens with zero attached hydrogens (tertiary/aromatic N) is 2. The quantitative estimate of drug-likeness (QED) is 0.743. The van der Waals surface area contributed by atoms with Crippen molar-refractivity contribution in [2.45, 2.75) is 39.5 Å². The van der Waals surface area contributed by atoms with E-state index in [-0.39, 0.29) is 18.6 Å². The summed E-state index contributed by atoms with van der Waals surface area (Å²) in [7, 11) is 0. The van der Waals surface area contributed by atoms with Gasteiger partial charge < -0.3 is 4.90 Å². The Morgan fingerprint density at radius 1 is 1.10 bits per heavy atom. The molecule has 1 aromatic rings. The zero-order valence-corrected chi connectivity index (χ0v) is 15.8. The maximum absolute atomic E-state index is 4.34. The Morgan fingerprint density at radius 2 is 1.57 bits per heavy atom. The largest absolute Gasteiger partial charge is 0.330 e. The molecule has 3 nitrogen and oxygen atoms in total. The predicted molar refractivity (Wildman–Crippen MR) is 88.1 cm³/mol. The van der Waals surface area contributed by atoms with Gasteiger partial charge in [-0.05, 0) is 23.0 Å². The number of benzene rings is 1. The SMILES string of the molecule is CC(C)c1cccc(C(C)C)c1N1C=NCC1.ClOCl.[V]. The minimum atomic E-state index is 0. The number of hydrogen-bond acceptors (Lipinski definition) is 3. The third-order valence-corrected chi connectivity index (χ3v) is 3.32. The molecular weight excluding hydrogens is 346 g/mol. The number of rotatable bonds is 3. The number of anilines is 1. The number of hydrogen-bond donors (Lipinski definition) is 0. The standard InChI is InChI=1S/C15H22N2.Cl2O.V/c1-11(2)13-6-5-7-14(12(3)4)15(13)17-9-8-16-10-17;1-3-2;/h5-7,10-12H,8-9H2,1-4H3;;. The van der Waals surface area contributed by atoms with Gasteiger partial charge in [0.15, 0.2) is 0 Å². The Labute approximate surface area is 149 Å². The Morgan fingerprint density at radius 3 is 1.90 bits per heavy atom. The summed E-state index contributed by atoms with van der Waals surface area (Å²) in [4.78, 5) is 6.65. The minimum absolute atomic E-state index is 0. The molecule has 0 aromatic heterocycles. The van der Waals surface area contributed by atoms with Crippen LogP contribution in [0.4, 0.5) is 5.69 Å². The first-order valence-electron chi connectivity index (χ1n) is 6.81. The topological polar surface area (TPSA) is 24.8 Å². The second-order valence-electron chi connectivity index (χ2n) is 5.37. The number of para-hydroxylation sites is 1. The van der Waals surface area contributed by atoms with Crippen LogP contribution in [0, 0.1) is 0 Å². The zero-order valence-electron chi connectivity index (χ0n) is 12.9. The minimum Gasteiger partial charge on any atom is -0.330 e. The van der Waals surface area contributed by atoms with Crippen LogP contribution >= 0.6 is 23.7 Å². The van der Waals surface area contributed by atoms with Crippen LogP contribution in [0.2, 0.25) is 0 Å². The van der Waals surface area contributed by atoms with Crippen LogP contribution in [0.5, 0.6) is 0 Å². The Balaban J connectivity index is 0.000000922. The fraction of sp³-hybridized carbons (Fsp3) is 0.533. The second-order valence-corrected chi connectivity index (χ2v) is 5.83. The Bertz CT molecular complexity index is 427. The van der Waals surface area contributed by atoms with Crippen LogP contribution in [-0.4, -0.2) is 19.4 Å². The van der Waals surface area contributed by atoms with Crippen LogP contribution in [-0.2, 0) is 22.4 Å². The molecule has 0 bridgehead atoms. The van der Waals surface area contributed by atoms with E-state index in [4.69, 9.17) is 0 Å². The third kappa shape index (κ3) is 5.84. The van der Waals surface area contributed by atoms with Gasteiger partial charge in [0.05, 0.1) is 36.6 Å². The second kappa shape index (κ2) is 10.5. The summed E-state index contributed by atoms with van der Waals surface area (Å²) in [6.45, 7) is 11.0. The van der Waals surface area contributed by atoms with Gasteiger partial charge in [0.1, 0.15) is 0 Å². The van der Waals surface area contributed by atoms with E-state index in [0.717, 1.165) is 13.1 Å². The average molecular weight is 368 g/mol. The summed E-state index contributed by atoms with van der Waals surface area (Å²) in [5.74, 6) is 1.11. The molecule has 21 heavy (non-hydrogen) atoms. The summed E-state index contributed by atoms with van der Waals surface area (Å²) in [5, 5.41) is 0. The molecule has 6 heteroatoms. The summed E-state index contributed by atoms with van der Waals surface area (Å²) in [6, 6.07) is 6.68. The van der Waals surface area contributed by atoms with Crippen molar-refractivity contribution in [2.75, 3.05) is 18.0 Å². The van der Waals surface area contributed by atoms with E-state index in [1.54, 1.807) is 0 Å². The third-order valence-electron chi connectivity index (χ3n) is 3.32. The van der Waals surface area contributed by atoms with E-state index in [9.17, 15) is 0 Å². The Kier molecular flexibility index (Phi) is 10.4. The molecular formula is C15H22Cl2N2OV. The summed E-state index contributed by atoms with van der Waals surface area (Å²) < 4.78 is 3.19. The van der Waals surface area contributed by atoms with Crippen LogP contribution in [0.3, 0.4) is 0 Å². The maximum atomic E-state index is 4.34. The van der Waals surface area contributed by atoms with Crippen LogP contribution in [0.25, 0.3) is 0 Å². The summed E-state index contributed by atoms with van der Waals surface area (Å²) in [5.41, 5.74) is 4.26. The molecule has 117 valence electrons. The van der Waals surface area contributed by atoms with E-state index in [1.165, 1.54) is 16.8 Å². The van der Waals surface area contributed by atoms with E-state index < -0.39 is 0 Å². The zero-order chi connectivity index (χ0) is 15.1. The smallest absolute Gasteiger partial charge is 0.0895 e. The van der Waals surface area contributed by atoms with Gasteiger partial charge in [-0.15, -0.1) is 0 Å². The van der Waals surface area contributed by atoms with Gasteiger partial charge in [-0.25, -0.2) is 0 Å². The molecule has 1 aliphatic heterocycles. The van der Waals surface area contributed by atoms with Gasteiger partial charge >= 0.3 is 0 Å². The van der Waals surface area contributed by atoms with E-state index in [2.05, 4.69) is 83.4 Å². The summed E-state index contributed by atoms with van der Waals surface area (Å²) >= 11 is 8.53. The number of halogens is 2. The van der Waals surface area contributed by atoms with Crippen molar-refractivity contribution < 1.29 is 22.4 Å². The first-order chi connectivity index (χ1) is 9.52. The molecule has 0 amide bonds. The molecule has 1 aliphatic rings. The molecule has 1 aromatic carbocycles. The van der Waals surface area contributed by atoms with Crippen LogP contribution in [0.1, 0.15) is 50.7 Å². The molecule has 0 atom stereocenters. The molecule has 0 fully saturated rings. The van der Waals surface area contributed by atoms with E-state index in [0.29, 0.717) is 11.8 Å². The van der Waals surface area contributed by atoms with Crippen molar-refractivity contribution in [1.29, 1.82) is 0 Å². The predicted octanol–water partition coefficient (Wildman–Crippen LogP) is 5.09. The molecule has 1 heterocycles. The van der Waals surface area contributed by atoms with Crippen molar-refractivity contribution in [2.24, 2.45) is 4.99 Å². The van der Waals surface area contributed by atoms with Gasteiger partial charge in [0.2, 0.25) is 0 Å². The van der Waals surface area contributed by atoms with Crippen molar-refractivity contribution in [1.82, 2.24) is 0 Å². The number of aliphatic imine (C=N–C) groups is 1. The molecule has 0 saturated carbocycles. The van der Waals surface area contributed by atoms with Crippen LogP contribution < -0.4 is 4.90 Å². The summed E-state index contributed by atoms with van der Waals surface area (Å²) in [6.07, 6.45) is 1.99. The fourth-order valence-corrected chi connectivity index (χ4v) is 2.39. The molecule has 1 radical (unpaired) electrons. The van der Waals surface area contributed by atoms with Crippen molar-refractivity contribution in [3.8, 4) is 0 Å². The first-order valence-corrected chi connectivity index (χ1v) is 7.43. The molecule has 2 rings (SSSR count). The molecule has 0 N–H and O–H groups in total.